The van der Waals surface area contributed by atoms with Crippen LogP contribution in [-0.4, -0.2) is 12.6 Å². The number of carbonyl (C=O) groups is 1. The van der Waals surface area contributed by atoms with Crippen LogP contribution in [0.4, 0.5) is 5.69 Å². The summed E-state index contributed by atoms with van der Waals surface area (Å²) in [5.74, 6) is -0.319. The molecule has 0 N–H and O–H groups in total. The average molecular weight is 347 g/mol. The first-order valence-corrected chi connectivity index (χ1v) is 9.17. The molecule has 2 aromatic rings. The Bertz CT molecular complexity index is 793. The molecule has 0 fully saturated rings. The largest absolute Gasteiger partial charge is 0.462 e. The maximum atomic E-state index is 12.9. The lowest BCUT2D eigenvalue weighted by molar-refractivity contribution is -0.139. The highest BCUT2D eigenvalue weighted by Crippen LogP contribution is 2.36. The molecule has 3 nitrogen and oxygen atoms in total. The van der Waals surface area contributed by atoms with Crippen LogP contribution in [0.3, 0.4) is 0 Å². The van der Waals surface area contributed by atoms with Gasteiger partial charge >= 0.3 is 5.97 Å². The van der Waals surface area contributed by atoms with Gasteiger partial charge in [-0.15, -0.1) is 0 Å². The molecule has 134 valence electrons. The number of rotatable bonds is 6. The van der Waals surface area contributed by atoms with Crippen molar-refractivity contribution in [3.63, 3.8) is 0 Å². The molecular formula is C23H25NO2. The molecule has 0 saturated carbocycles. The quantitative estimate of drug-likeness (QED) is 0.516. The van der Waals surface area contributed by atoms with E-state index in [0.717, 1.165) is 29.8 Å². The summed E-state index contributed by atoms with van der Waals surface area (Å²) >= 11 is 0. The van der Waals surface area contributed by atoms with E-state index in [2.05, 4.69) is 30.0 Å². The summed E-state index contributed by atoms with van der Waals surface area (Å²) in [5, 5.41) is 0. The maximum Gasteiger partial charge on any atom is 0.336 e. The third-order valence-corrected chi connectivity index (χ3v) is 4.63. The molecule has 3 heteroatoms. The van der Waals surface area contributed by atoms with E-state index in [-0.39, 0.29) is 11.9 Å². The lowest BCUT2D eigenvalue weighted by atomic mass is 9.87. The van der Waals surface area contributed by atoms with Crippen molar-refractivity contribution in [2.45, 2.75) is 32.6 Å². The molecule has 1 aliphatic heterocycles. The molecule has 0 aliphatic carbocycles. The SMILES string of the molecule is CCCCOC(=O)C1=C(C)N(c2ccccc2)C=CC1c1ccccc1. The van der Waals surface area contributed by atoms with Crippen LogP contribution in [0.1, 0.15) is 38.2 Å². The highest BCUT2D eigenvalue weighted by atomic mass is 16.5. The number of hydrogen-bond donors (Lipinski definition) is 0. The summed E-state index contributed by atoms with van der Waals surface area (Å²) < 4.78 is 5.57. The molecule has 26 heavy (non-hydrogen) atoms. The first kappa shape index (κ1) is 18.0. The van der Waals surface area contributed by atoms with Crippen LogP contribution in [0, 0.1) is 0 Å². The van der Waals surface area contributed by atoms with Gasteiger partial charge < -0.3 is 9.64 Å². The highest BCUT2D eigenvalue weighted by molar-refractivity contribution is 5.93. The summed E-state index contributed by atoms with van der Waals surface area (Å²) in [6.07, 6.45) is 6.01. The lowest BCUT2D eigenvalue weighted by Gasteiger charge is -2.31. The predicted octanol–water partition coefficient (Wildman–Crippen LogP) is 5.42. The number of unbranched alkanes of at least 4 members (excludes halogenated alkanes) is 1. The number of benzene rings is 2. The van der Waals surface area contributed by atoms with E-state index >= 15 is 0 Å². The molecule has 1 unspecified atom stereocenters. The molecule has 0 amide bonds. The topological polar surface area (TPSA) is 29.5 Å². The molecule has 1 heterocycles. The van der Waals surface area contributed by atoms with Crippen LogP contribution in [0.25, 0.3) is 0 Å². The summed E-state index contributed by atoms with van der Waals surface area (Å²) in [7, 11) is 0. The molecule has 1 atom stereocenters. The second-order valence-electron chi connectivity index (χ2n) is 6.42. The molecule has 0 radical (unpaired) electrons. The Labute approximate surface area is 155 Å². The zero-order valence-electron chi connectivity index (χ0n) is 15.4. The van der Waals surface area contributed by atoms with Crippen LogP contribution in [0.15, 0.2) is 84.2 Å². The van der Waals surface area contributed by atoms with Gasteiger partial charge in [0, 0.05) is 23.5 Å². The van der Waals surface area contributed by atoms with Crippen molar-refractivity contribution in [3.8, 4) is 0 Å². The number of allylic oxidation sites excluding steroid dienone is 2. The van der Waals surface area contributed by atoms with Gasteiger partial charge in [0.15, 0.2) is 0 Å². The zero-order valence-corrected chi connectivity index (χ0v) is 15.4. The van der Waals surface area contributed by atoms with E-state index in [0.29, 0.717) is 12.2 Å². The van der Waals surface area contributed by atoms with Crippen LogP contribution in [0.5, 0.6) is 0 Å². The zero-order chi connectivity index (χ0) is 18.4. The van der Waals surface area contributed by atoms with Crippen molar-refractivity contribution in [3.05, 3.63) is 89.8 Å². The van der Waals surface area contributed by atoms with Crippen LogP contribution < -0.4 is 4.90 Å². The fourth-order valence-electron chi connectivity index (χ4n) is 3.20. The maximum absolute atomic E-state index is 12.9. The first-order chi connectivity index (χ1) is 12.7. The molecule has 0 aromatic heterocycles. The monoisotopic (exact) mass is 347 g/mol. The van der Waals surface area contributed by atoms with Gasteiger partial charge in [0.05, 0.1) is 12.2 Å². The third-order valence-electron chi connectivity index (χ3n) is 4.63. The number of hydrogen-bond acceptors (Lipinski definition) is 3. The molecule has 0 spiro atoms. The van der Waals surface area contributed by atoms with Gasteiger partial charge in [0.1, 0.15) is 0 Å². The molecular weight excluding hydrogens is 322 g/mol. The van der Waals surface area contributed by atoms with E-state index in [9.17, 15) is 4.79 Å². The summed E-state index contributed by atoms with van der Waals surface area (Å²) in [6, 6.07) is 20.2. The van der Waals surface area contributed by atoms with Crippen LogP contribution in [-0.2, 0) is 9.53 Å². The minimum atomic E-state index is -0.227. The van der Waals surface area contributed by atoms with Crippen molar-refractivity contribution in [1.29, 1.82) is 0 Å². The van der Waals surface area contributed by atoms with Crippen molar-refractivity contribution >= 4 is 11.7 Å². The highest BCUT2D eigenvalue weighted by Gasteiger charge is 2.29. The average Bonchev–Trinajstić information content (AvgIpc) is 2.69. The Balaban J connectivity index is 1.98. The Kier molecular flexibility index (Phi) is 5.90. The van der Waals surface area contributed by atoms with Crippen molar-refractivity contribution in [2.24, 2.45) is 0 Å². The van der Waals surface area contributed by atoms with Gasteiger partial charge in [-0.3, -0.25) is 0 Å². The summed E-state index contributed by atoms with van der Waals surface area (Å²) in [6.45, 7) is 4.54. The Morgan fingerprint density at radius 3 is 2.35 bits per heavy atom. The molecule has 1 aliphatic rings. The van der Waals surface area contributed by atoms with Gasteiger partial charge in [0.25, 0.3) is 0 Å². The Morgan fingerprint density at radius 1 is 1.04 bits per heavy atom. The van der Waals surface area contributed by atoms with Crippen LogP contribution in [0.2, 0.25) is 0 Å². The normalized spacial score (nSPS) is 16.7. The smallest absolute Gasteiger partial charge is 0.336 e. The fourth-order valence-corrected chi connectivity index (χ4v) is 3.20. The number of ether oxygens (including phenoxy) is 1. The summed E-state index contributed by atoms with van der Waals surface area (Å²) in [4.78, 5) is 15.0. The first-order valence-electron chi connectivity index (χ1n) is 9.17. The lowest BCUT2D eigenvalue weighted by Crippen LogP contribution is -2.26. The Hall–Kier alpha value is -2.81. The fraction of sp³-hybridized carbons (Fsp3) is 0.261. The van der Waals surface area contributed by atoms with Crippen molar-refractivity contribution in [2.75, 3.05) is 11.5 Å². The predicted molar refractivity (Wildman–Crippen MR) is 106 cm³/mol. The van der Waals surface area contributed by atoms with E-state index in [1.54, 1.807) is 0 Å². The van der Waals surface area contributed by atoms with E-state index < -0.39 is 0 Å². The van der Waals surface area contributed by atoms with Gasteiger partial charge in [-0.2, -0.15) is 0 Å². The minimum absolute atomic E-state index is 0.0923. The molecule has 2 aromatic carbocycles. The summed E-state index contributed by atoms with van der Waals surface area (Å²) in [5.41, 5.74) is 3.75. The van der Waals surface area contributed by atoms with E-state index in [4.69, 9.17) is 4.74 Å². The molecule has 0 saturated heterocycles. The number of anilines is 1. The van der Waals surface area contributed by atoms with Crippen molar-refractivity contribution in [1.82, 2.24) is 0 Å². The van der Waals surface area contributed by atoms with Gasteiger partial charge in [-0.25, -0.2) is 4.79 Å². The van der Waals surface area contributed by atoms with Crippen LogP contribution >= 0.6 is 0 Å². The van der Waals surface area contributed by atoms with Crippen molar-refractivity contribution < 1.29 is 9.53 Å². The second-order valence-corrected chi connectivity index (χ2v) is 6.42. The van der Waals surface area contributed by atoms with Gasteiger partial charge in [-0.05, 0) is 31.0 Å². The minimum Gasteiger partial charge on any atom is -0.462 e. The van der Waals surface area contributed by atoms with E-state index in [1.807, 2.05) is 61.7 Å². The second kappa shape index (κ2) is 8.52. The molecule has 0 bridgehead atoms. The standard InChI is InChI=1S/C23H25NO2/c1-3-4-17-26-23(25)22-18(2)24(20-13-9-6-10-14-20)16-15-21(22)19-11-7-5-8-12-19/h5-16,21H,3-4,17H2,1-2H3. The number of carbonyl (C=O) groups excluding carboxylic acids is 1. The van der Waals surface area contributed by atoms with Gasteiger partial charge in [0.2, 0.25) is 0 Å². The van der Waals surface area contributed by atoms with Gasteiger partial charge in [-0.1, -0.05) is 68.0 Å². The molecule has 3 rings (SSSR count). The Morgan fingerprint density at radius 2 is 1.69 bits per heavy atom. The number of nitrogens with zero attached hydrogens (tertiary/aromatic N) is 1. The number of esters is 1. The third kappa shape index (κ3) is 3.88. The van der Waals surface area contributed by atoms with E-state index in [1.165, 1.54) is 0 Å². The number of para-hydroxylation sites is 1.